The molecule has 1 aliphatic rings. The summed E-state index contributed by atoms with van der Waals surface area (Å²) in [5, 5.41) is 2.73. The molecule has 3 aromatic rings. The van der Waals surface area contributed by atoms with E-state index < -0.39 is 10.0 Å². The predicted octanol–water partition coefficient (Wildman–Crippen LogP) is 4.15. The van der Waals surface area contributed by atoms with Gasteiger partial charge in [0.2, 0.25) is 10.0 Å². The number of benzene rings is 3. The Morgan fingerprint density at radius 2 is 1.81 bits per heavy atom. The summed E-state index contributed by atoms with van der Waals surface area (Å²) in [4.78, 5) is 0.242. The summed E-state index contributed by atoms with van der Waals surface area (Å²) in [6, 6.07) is 20.3. The molecule has 0 aromatic heterocycles. The molecule has 0 fully saturated rings. The first-order valence-corrected chi connectivity index (χ1v) is 11.9. The SMILES string of the molecule is Cc1cc(Cl)ccc1OCc1ccc(S(=O)(=O)NCCC2=C[NH2+]c3ccccc32)cc1. The van der Waals surface area contributed by atoms with E-state index in [1.807, 2.05) is 31.2 Å². The molecule has 0 aliphatic carbocycles. The summed E-state index contributed by atoms with van der Waals surface area (Å²) >= 11 is 5.97. The average Bonchev–Trinajstić information content (AvgIpc) is 3.16. The summed E-state index contributed by atoms with van der Waals surface area (Å²) in [6.45, 7) is 2.62. The molecule has 7 heteroatoms. The van der Waals surface area contributed by atoms with E-state index in [2.05, 4.69) is 28.4 Å². The van der Waals surface area contributed by atoms with E-state index in [0.29, 0.717) is 24.6 Å². The maximum absolute atomic E-state index is 12.6. The van der Waals surface area contributed by atoms with E-state index in [4.69, 9.17) is 16.3 Å². The van der Waals surface area contributed by atoms with Gasteiger partial charge in [0.1, 0.15) is 24.2 Å². The number of fused-ring (bicyclic) bond motifs is 1. The van der Waals surface area contributed by atoms with Crippen molar-refractivity contribution in [3.63, 3.8) is 0 Å². The molecule has 0 unspecified atom stereocenters. The number of para-hydroxylation sites is 1. The van der Waals surface area contributed by atoms with Crippen molar-refractivity contribution < 1.29 is 18.5 Å². The monoisotopic (exact) mass is 455 g/mol. The fourth-order valence-corrected chi connectivity index (χ4v) is 4.80. The molecule has 160 valence electrons. The third kappa shape index (κ3) is 5.17. The van der Waals surface area contributed by atoms with Crippen LogP contribution in [0.3, 0.4) is 0 Å². The number of nitrogens with two attached hydrogens (primary N) is 1. The number of rotatable bonds is 8. The topological polar surface area (TPSA) is 72.0 Å². The van der Waals surface area contributed by atoms with Gasteiger partial charge in [-0.1, -0.05) is 35.9 Å². The van der Waals surface area contributed by atoms with E-state index in [-0.39, 0.29) is 4.90 Å². The van der Waals surface area contributed by atoms with Gasteiger partial charge in [-0.05, 0) is 60.9 Å². The lowest BCUT2D eigenvalue weighted by atomic mass is 10.1. The summed E-state index contributed by atoms with van der Waals surface area (Å²) in [5.74, 6) is 0.753. The smallest absolute Gasteiger partial charge is 0.240 e. The molecular formula is C24H24ClN2O3S+. The number of quaternary nitrogens is 1. The summed E-state index contributed by atoms with van der Waals surface area (Å²) in [7, 11) is -3.57. The standard InChI is InChI=1S/C24H23ClN2O3S/c1-17-14-20(25)8-11-24(17)30-16-18-6-9-21(10-7-18)31(28,29)27-13-12-19-15-26-23-5-3-2-4-22(19)23/h2-11,14-15,26-27H,12-13,16H2,1H3/p+1. The van der Waals surface area contributed by atoms with Crippen LogP contribution in [0.4, 0.5) is 5.69 Å². The molecule has 0 saturated heterocycles. The van der Waals surface area contributed by atoms with Crippen molar-refractivity contribution in [2.75, 3.05) is 6.54 Å². The van der Waals surface area contributed by atoms with Gasteiger partial charge in [0, 0.05) is 28.8 Å². The van der Waals surface area contributed by atoms with Crippen LogP contribution in [0.25, 0.3) is 5.57 Å². The Balaban J connectivity index is 1.32. The lowest BCUT2D eigenvalue weighted by Gasteiger charge is -2.11. The molecule has 0 saturated carbocycles. The number of halogens is 1. The highest BCUT2D eigenvalue weighted by molar-refractivity contribution is 7.89. The van der Waals surface area contributed by atoms with Crippen LogP contribution < -0.4 is 14.8 Å². The molecule has 1 aliphatic heterocycles. The average molecular weight is 456 g/mol. The normalized spacial score (nSPS) is 13.0. The first-order valence-electron chi connectivity index (χ1n) is 10.0. The van der Waals surface area contributed by atoms with Crippen LogP contribution in [-0.4, -0.2) is 15.0 Å². The molecule has 1 heterocycles. The largest absolute Gasteiger partial charge is 0.489 e. The molecule has 3 aromatic carbocycles. The fourth-order valence-electron chi connectivity index (χ4n) is 3.54. The van der Waals surface area contributed by atoms with Crippen molar-refractivity contribution in [2.24, 2.45) is 0 Å². The molecule has 4 rings (SSSR count). The van der Waals surface area contributed by atoms with Crippen molar-refractivity contribution in [1.29, 1.82) is 0 Å². The van der Waals surface area contributed by atoms with Crippen molar-refractivity contribution in [3.05, 3.63) is 94.6 Å². The Morgan fingerprint density at radius 3 is 2.58 bits per heavy atom. The zero-order valence-corrected chi connectivity index (χ0v) is 18.7. The minimum atomic E-state index is -3.57. The Bertz CT molecular complexity index is 1220. The Hall–Kier alpha value is -2.64. The highest BCUT2D eigenvalue weighted by atomic mass is 35.5. The highest BCUT2D eigenvalue weighted by Gasteiger charge is 2.19. The van der Waals surface area contributed by atoms with Crippen molar-refractivity contribution in [2.45, 2.75) is 24.8 Å². The van der Waals surface area contributed by atoms with Crippen LogP contribution in [0.1, 0.15) is 23.1 Å². The predicted molar refractivity (Wildman–Crippen MR) is 123 cm³/mol. The molecule has 31 heavy (non-hydrogen) atoms. The van der Waals surface area contributed by atoms with Gasteiger partial charge >= 0.3 is 0 Å². The molecular weight excluding hydrogens is 432 g/mol. The fraction of sp³-hybridized carbons (Fsp3) is 0.167. The molecule has 0 bridgehead atoms. The van der Waals surface area contributed by atoms with Gasteiger partial charge in [0.25, 0.3) is 0 Å². The van der Waals surface area contributed by atoms with Crippen LogP contribution >= 0.6 is 11.6 Å². The first-order chi connectivity index (χ1) is 14.9. The van der Waals surface area contributed by atoms with Crippen LogP contribution in [0, 0.1) is 6.92 Å². The lowest BCUT2D eigenvalue weighted by molar-refractivity contribution is -0.491. The number of hydrogen-bond donors (Lipinski definition) is 2. The van der Waals surface area contributed by atoms with Gasteiger partial charge in [-0.15, -0.1) is 0 Å². The third-order valence-corrected chi connectivity index (χ3v) is 6.93. The van der Waals surface area contributed by atoms with Crippen LogP contribution in [0.2, 0.25) is 5.02 Å². The minimum Gasteiger partial charge on any atom is -0.489 e. The van der Waals surface area contributed by atoms with E-state index in [9.17, 15) is 8.42 Å². The molecule has 0 spiro atoms. The highest BCUT2D eigenvalue weighted by Crippen LogP contribution is 2.26. The maximum Gasteiger partial charge on any atom is 0.240 e. The number of nitrogens with one attached hydrogen (secondary N) is 1. The molecule has 5 nitrogen and oxygen atoms in total. The van der Waals surface area contributed by atoms with E-state index >= 15 is 0 Å². The van der Waals surface area contributed by atoms with Crippen LogP contribution in [0.15, 0.2) is 77.8 Å². The van der Waals surface area contributed by atoms with Crippen molar-refractivity contribution >= 4 is 32.9 Å². The summed E-state index contributed by atoms with van der Waals surface area (Å²) in [6.07, 6.45) is 2.69. The number of sulfonamides is 1. The summed E-state index contributed by atoms with van der Waals surface area (Å²) in [5.41, 5.74) is 5.32. The van der Waals surface area contributed by atoms with Gasteiger partial charge in [-0.3, -0.25) is 5.32 Å². The van der Waals surface area contributed by atoms with Crippen molar-refractivity contribution in [3.8, 4) is 5.75 Å². The maximum atomic E-state index is 12.6. The molecule has 0 radical (unpaired) electrons. The van der Waals surface area contributed by atoms with E-state index in [1.165, 1.54) is 11.3 Å². The number of hydrogen-bond acceptors (Lipinski definition) is 3. The van der Waals surface area contributed by atoms with Gasteiger partial charge in [-0.25, -0.2) is 13.1 Å². The first kappa shape index (κ1) is 21.6. The Morgan fingerprint density at radius 1 is 1.03 bits per heavy atom. The zero-order chi connectivity index (χ0) is 21.8. The van der Waals surface area contributed by atoms with Crippen LogP contribution in [0.5, 0.6) is 5.75 Å². The van der Waals surface area contributed by atoms with Gasteiger partial charge in [0.15, 0.2) is 0 Å². The lowest BCUT2D eigenvalue weighted by Crippen LogP contribution is -2.69. The zero-order valence-electron chi connectivity index (χ0n) is 17.1. The van der Waals surface area contributed by atoms with E-state index in [0.717, 1.165) is 22.4 Å². The quantitative estimate of drug-likeness (QED) is 0.501. The Labute approximate surface area is 187 Å². The second kappa shape index (κ2) is 9.24. The number of aryl methyl sites for hydroxylation is 1. The minimum absolute atomic E-state index is 0.242. The number of ether oxygens (including phenoxy) is 1. The Kier molecular flexibility index (Phi) is 6.43. The molecule has 0 amide bonds. The van der Waals surface area contributed by atoms with Crippen LogP contribution in [-0.2, 0) is 16.6 Å². The van der Waals surface area contributed by atoms with E-state index in [1.54, 1.807) is 30.3 Å². The second-order valence-corrected chi connectivity index (χ2v) is 9.64. The molecule has 3 N–H and O–H groups in total. The molecule has 0 atom stereocenters. The third-order valence-electron chi connectivity index (χ3n) is 5.22. The second-order valence-electron chi connectivity index (χ2n) is 7.44. The van der Waals surface area contributed by atoms with Gasteiger partial charge in [0.05, 0.1) is 4.90 Å². The van der Waals surface area contributed by atoms with Gasteiger partial charge in [-0.2, -0.15) is 0 Å². The van der Waals surface area contributed by atoms with Crippen molar-refractivity contribution in [1.82, 2.24) is 4.72 Å². The summed E-state index contributed by atoms with van der Waals surface area (Å²) < 4.78 is 33.8. The van der Waals surface area contributed by atoms with Gasteiger partial charge < -0.3 is 4.74 Å².